The van der Waals surface area contributed by atoms with Crippen LogP contribution >= 0.6 is 15.9 Å². The molecule has 17 heavy (non-hydrogen) atoms. The second-order valence-corrected chi connectivity index (χ2v) is 4.20. The van der Waals surface area contributed by atoms with Crippen molar-refractivity contribution in [2.45, 2.75) is 6.54 Å². The molecule has 0 fully saturated rings. The van der Waals surface area contributed by atoms with Gasteiger partial charge in [-0.3, -0.25) is 10.1 Å². The summed E-state index contributed by atoms with van der Waals surface area (Å²) in [6.07, 6.45) is 1.72. The van der Waals surface area contributed by atoms with Crippen LogP contribution in [0.4, 0.5) is 5.69 Å². The highest BCUT2D eigenvalue weighted by molar-refractivity contribution is 9.10. The molecule has 0 aliphatic rings. The first-order valence-electron chi connectivity index (χ1n) is 4.80. The zero-order chi connectivity index (χ0) is 12.4. The Morgan fingerprint density at radius 1 is 1.53 bits per heavy atom. The van der Waals surface area contributed by atoms with Crippen molar-refractivity contribution in [3.05, 3.63) is 50.7 Å². The van der Waals surface area contributed by atoms with Gasteiger partial charge >= 0.3 is 0 Å². The van der Waals surface area contributed by atoms with Crippen LogP contribution in [0.15, 0.2) is 34.9 Å². The summed E-state index contributed by atoms with van der Waals surface area (Å²) in [5.41, 5.74) is 6.87. The Morgan fingerprint density at radius 3 is 2.88 bits per heavy atom. The molecule has 0 atom stereocenters. The van der Waals surface area contributed by atoms with E-state index in [4.69, 9.17) is 5.73 Å². The maximum Gasteiger partial charge on any atom is 0.271 e. The number of benzene rings is 1. The highest BCUT2D eigenvalue weighted by atomic mass is 79.9. The molecule has 0 bridgehead atoms. The van der Waals surface area contributed by atoms with Crippen molar-refractivity contribution in [1.82, 2.24) is 9.78 Å². The van der Waals surface area contributed by atoms with E-state index in [1.54, 1.807) is 23.0 Å². The lowest BCUT2D eigenvalue weighted by molar-refractivity contribution is -0.384. The number of hydrogen-bond donors (Lipinski definition) is 1. The van der Waals surface area contributed by atoms with Gasteiger partial charge in [-0.25, -0.2) is 4.68 Å². The second kappa shape index (κ2) is 4.64. The van der Waals surface area contributed by atoms with Crippen LogP contribution in [0.3, 0.4) is 0 Å². The molecule has 1 aromatic carbocycles. The minimum Gasteiger partial charge on any atom is -0.325 e. The SMILES string of the molecule is NCc1nn(-c2cccc([N+](=O)[O-])c2)cc1Br. The lowest BCUT2D eigenvalue weighted by Crippen LogP contribution is -2.01. The summed E-state index contributed by atoms with van der Waals surface area (Å²) in [6.45, 7) is 0.308. The van der Waals surface area contributed by atoms with E-state index in [1.807, 2.05) is 0 Å². The molecule has 6 nitrogen and oxygen atoms in total. The van der Waals surface area contributed by atoms with Gasteiger partial charge in [-0.2, -0.15) is 5.10 Å². The molecule has 2 N–H and O–H groups in total. The third-order valence-electron chi connectivity index (χ3n) is 2.24. The number of nitrogens with two attached hydrogens (primary N) is 1. The molecule has 0 unspecified atom stereocenters. The Bertz CT molecular complexity index is 567. The van der Waals surface area contributed by atoms with Crippen molar-refractivity contribution >= 4 is 21.6 Å². The molecule has 1 aromatic heterocycles. The van der Waals surface area contributed by atoms with Gasteiger partial charge in [0.1, 0.15) is 0 Å². The number of hydrogen-bond acceptors (Lipinski definition) is 4. The predicted octanol–water partition coefficient (Wildman–Crippen LogP) is 2.00. The number of non-ortho nitro benzene ring substituents is 1. The van der Waals surface area contributed by atoms with Crippen molar-refractivity contribution < 1.29 is 4.92 Å². The molecule has 0 amide bonds. The van der Waals surface area contributed by atoms with Gasteiger partial charge in [-0.15, -0.1) is 0 Å². The van der Waals surface area contributed by atoms with Gasteiger partial charge in [0.05, 0.1) is 20.8 Å². The van der Waals surface area contributed by atoms with Crippen molar-refractivity contribution in [1.29, 1.82) is 0 Å². The van der Waals surface area contributed by atoms with E-state index >= 15 is 0 Å². The maximum atomic E-state index is 10.7. The van der Waals surface area contributed by atoms with Gasteiger partial charge in [0.25, 0.3) is 5.69 Å². The van der Waals surface area contributed by atoms with Crippen LogP contribution in [-0.4, -0.2) is 14.7 Å². The van der Waals surface area contributed by atoms with Crippen LogP contribution in [0.2, 0.25) is 0 Å². The first-order chi connectivity index (χ1) is 8.11. The summed E-state index contributed by atoms with van der Waals surface area (Å²) >= 11 is 3.32. The second-order valence-electron chi connectivity index (χ2n) is 3.35. The van der Waals surface area contributed by atoms with E-state index < -0.39 is 4.92 Å². The molecule has 2 aromatic rings. The van der Waals surface area contributed by atoms with E-state index in [0.29, 0.717) is 17.9 Å². The number of aromatic nitrogens is 2. The molecular formula is C10H9BrN4O2. The van der Waals surface area contributed by atoms with E-state index in [2.05, 4.69) is 21.0 Å². The summed E-state index contributed by atoms with van der Waals surface area (Å²) in [7, 11) is 0. The fourth-order valence-corrected chi connectivity index (χ4v) is 1.84. The quantitative estimate of drug-likeness (QED) is 0.693. The third kappa shape index (κ3) is 2.34. The number of rotatable bonds is 3. The Hall–Kier alpha value is -1.73. The summed E-state index contributed by atoms with van der Waals surface area (Å²) in [5.74, 6) is 0. The largest absolute Gasteiger partial charge is 0.325 e. The first-order valence-corrected chi connectivity index (χ1v) is 5.60. The van der Waals surface area contributed by atoms with E-state index in [-0.39, 0.29) is 5.69 Å². The summed E-state index contributed by atoms with van der Waals surface area (Å²) in [4.78, 5) is 10.2. The van der Waals surface area contributed by atoms with Gasteiger partial charge < -0.3 is 5.73 Å². The van der Waals surface area contributed by atoms with Crippen molar-refractivity contribution in [2.75, 3.05) is 0 Å². The normalized spacial score (nSPS) is 10.5. The monoisotopic (exact) mass is 296 g/mol. The van der Waals surface area contributed by atoms with E-state index in [1.165, 1.54) is 12.1 Å². The topological polar surface area (TPSA) is 87.0 Å². The average Bonchev–Trinajstić information content (AvgIpc) is 2.71. The molecular weight excluding hydrogens is 288 g/mol. The van der Waals surface area contributed by atoms with Crippen LogP contribution in [-0.2, 0) is 6.54 Å². The lowest BCUT2D eigenvalue weighted by atomic mass is 10.3. The van der Waals surface area contributed by atoms with Gasteiger partial charge in [0, 0.05) is 24.9 Å². The molecule has 0 radical (unpaired) electrons. The Labute approximate surface area is 105 Å². The summed E-state index contributed by atoms with van der Waals surface area (Å²) in [5, 5.41) is 14.9. The predicted molar refractivity (Wildman–Crippen MR) is 65.8 cm³/mol. The highest BCUT2D eigenvalue weighted by Gasteiger charge is 2.10. The number of halogens is 1. The van der Waals surface area contributed by atoms with Crippen molar-refractivity contribution in [3.8, 4) is 5.69 Å². The third-order valence-corrected chi connectivity index (χ3v) is 2.90. The smallest absolute Gasteiger partial charge is 0.271 e. The van der Waals surface area contributed by atoms with E-state index in [9.17, 15) is 10.1 Å². The van der Waals surface area contributed by atoms with Crippen LogP contribution in [0, 0.1) is 10.1 Å². The minimum absolute atomic E-state index is 0.0309. The van der Waals surface area contributed by atoms with Crippen molar-refractivity contribution in [3.63, 3.8) is 0 Å². The average molecular weight is 297 g/mol. The Kier molecular flexibility index (Phi) is 3.21. The van der Waals surface area contributed by atoms with Crippen molar-refractivity contribution in [2.24, 2.45) is 5.73 Å². The summed E-state index contributed by atoms with van der Waals surface area (Å²) in [6, 6.07) is 6.25. The molecule has 7 heteroatoms. The van der Waals surface area contributed by atoms with Crippen LogP contribution in [0.1, 0.15) is 5.69 Å². The standard InChI is InChI=1S/C10H9BrN4O2/c11-9-6-14(13-10(9)5-12)7-2-1-3-8(4-7)15(16)17/h1-4,6H,5,12H2. The minimum atomic E-state index is -0.439. The van der Waals surface area contributed by atoms with Gasteiger partial charge in [-0.05, 0) is 22.0 Å². The number of nitrogens with zero attached hydrogens (tertiary/aromatic N) is 3. The zero-order valence-corrected chi connectivity index (χ0v) is 10.3. The van der Waals surface area contributed by atoms with Gasteiger partial charge in [-0.1, -0.05) is 6.07 Å². The molecule has 88 valence electrons. The molecule has 0 aliphatic carbocycles. The van der Waals surface area contributed by atoms with Crippen LogP contribution in [0.25, 0.3) is 5.69 Å². The zero-order valence-electron chi connectivity index (χ0n) is 8.71. The molecule has 2 rings (SSSR count). The Balaban J connectivity index is 2.45. The summed E-state index contributed by atoms with van der Waals surface area (Å²) < 4.78 is 2.34. The van der Waals surface area contributed by atoms with Crippen LogP contribution < -0.4 is 5.73 Å². The maximum absolute atomic E-state index is 10.7. The van der Waals surface area contributed by atoms with E-state index in [0.717, 1.165) is 4.47 Å². The fourth-order valence-electron chi connectivity index (χ4n) is 1.41. The molecule has 0 aliphatic heterocycles. The highest BCUT2D eigenvalue weighted by Crippen LogP contribution is 2.20. The first kappa shape index (κ1) is 11.7. The molecule has 0 saturated carbocycles. The number of nitro groups is 1. The number of nitro benzene ring substituents is 1. The lowest BCUT2D eigenvalue weighted by Gasteiger charge is -2.00. The fraction of sp³-hybridized carbons (Fsp3) is 0.100. The molecule has 0 saturated heterocycles. The van der Waals surface area contributed by atoms with Gasteiger partial charge in [0.15, 0.2) is 0 Å². The van der Waals surface area contributed by atoms with Gasteiger partial charge in [0.2, 0.25) is 0 Å². The molecule has 1 heterocycles. The molecule has 0 spiro atoms. The Morgan fingerprint density at radius 2 is 2.29 bits per heavy atom. The van der Waals surface area contributed by atoms with Crippen LogP contribution in [0.5, 0.6) is 0 Å².